The highest BCUT2D eigenvalue weighted by atomic mass is 16.3. The van der Waals surface area contributed by atoms with Gasteiger partial charge in [0, 0.05) is 30.1 Å². The molecule has 3 N–H and O–H groups in total. The molecular weight excluding hydrogens is 282 g/mol. The summed E-state index contributed by atoms with van der Waals surface area (Å²) < 4.78 is 5.33. The van der Waals surface area contributed by atoms with Crippen molar-refractivity contribution >= 4 is 22.8 Å². The molecule has 0 spiro atoms. The van der Waals surface area contributed by atoms with E-state index in [-0.39, 0.29) is 11.9 Å². The molecule has 0 radical (unpaired) electrons. The molecule has 2 fully saturated rings. The Morgan fingerprint density at radius 3 is 2.86 bits per heavy atom. The Morgan fingerprint density at radius 1 is 1.32 bits per heavy atom. The molecule has 2 aliphatic rings. The average Bonchev–Trinajstić information content (AvgIpc) is 3.20. The summed E-state index contributed by atoms with van der Waals surface area (Å²) in [5, 5.41) is 3.74. The van der Waals surface area contributed by atoms with Gasteiger partial charge in [-0.15, -0.1) is 0 Å². The lowest BCUT2D eigenvalue weighted by atomic mass is 9.99. The van der Waals surface area contributed by atoms with Crippen LogP contribution in [0.5, 0.6) is 0 Å². The van der Waals surface area contributed by atoms with Gasteiger partial charge < -0.3 is 20.4 Å². The maximum absolute atomic E-state index is 12.4. The molecular formula is C16H17N3O3. The quantitative estimate of drug-likeness (QED) is 0.883. The third-order valence-electron chi connectivity index (χ3n) is 4.75. The number of furan rings is 1. The fourth-order valence-corrected chi connectivity index (χ4v) is 3.56. The molecule has 6 heteroatoms. The van der Waals surface area contributed by atoms with Gasteiger partial charge in [-0.3, -0.25) is 9.59 Å². The Hall–Kier alpha value is -2.34. The number of nitrogens with two attached hydrogens (primary N) is 1. The number of carbonyl (C=O) groups is 2. The van der Waals surface area contributed by atoms with E-state index in [1.165, 1.54) is 6.26 Å². The van der Waals surface area contributed by atoms with Crippen molar-refractivity contribution in [3.05, 3.63) is 35.6 Å². The van der Waals surface area contributed by atoms with Gasteiger partial charge in [-0.1, -0.05) is 0 Å². The van der Waals surface area contributed by atoms with E-state index in [0.29, 0.717) is 28.0 Å². The Balaban J connectivity index is 1.56. The van der Waals surface area contributed by atoms with E-state index in [2.05, 4.69) is 10.2 Å². The van der Waals surface area contributed by atoms with E-state index in [9.17, 15) is 9.59 Å². The summed E-state index contributed by atoms with van der Waals surface area (Å²) in [6.07, 6.45) is 2.49. The predicted molar refractivity (Wildman–Crippen MR) is 80.5 cm³/mol. The first kappa shape index (κ1) is 13.3. The summed E-state index contributed by atoms with van der Waals surface area (Å²) in [5.41, 5.74) is 6.65. The second-order valence-electron chi connectivity index (χ2n) is 6.11. The van der Waals surface area contributed by atoms with Crippen LogP contribution in [0.4, 0.5) is 0 Å². The number of rotatable bonds is 3. The number of primary amides is 1. The summed E-state index contributed by atoms with van der Waals surface area (Å²) in [4.78, 5) is 26.1. The van der Waals surface area contributed by atoms with E-state index < -0.39 is 5.91 Å². The SMILES string of the molecule is NC(=O)c1coc2cc(C(=O)NC3CN4CC[C@@H]3C4)ccc12. The number of carbonyl (C=O) groups excluding carboxylic acids is 2. The number of nitrogens with zero attached hydrogens (tertiary/aromatic N) is 1. The number of fused-ring (bicyclic) bond motifs is 3. The zero-order chi connectivity index (χ0) is 15.3. The highest BCUT2D eigenvalue weighted by Gasteiger charge is 2.38. The van der Waals surface area contributed by atoms with Gasteiger partial charge >= 0.3 is 0 Å². The number of nitrogens with one attached hydrogen (secondary N) is 1. The van der Waals surface area contributed by atoms with Gasteiger partial charge in [-0.2, -0.15) is 0 Å². The van der Waals surface area contributed by atoms with Crippen LogP contribution in [0, 0.1) is 5.92 Å². The molecule has 1 aromatic carbocycles. The van der Waals surface area contributed by atoms with Crippen molar-refractivity contribution in [1.82, 2.24) is 10.2 Å². The first-order chi connectivity index (χ1) is 10.6. The zero-order valence-electron chi connectivity index (χ0n) is 12.0. The van der Waals surface area contributed by atoms with Crippen molar-refractivity contribution in [2.45, 2.75) is 12.5 Å². The van der Waals surface area contributed by atoms with Crippen LogP contribution in [0.15, 0.2) is 28.9 Å². The zero-order valence-corrected chi connectivity index (χ0v) is 12.0. The molecule has 2 aliphatic heterocycles. The lowest BCUT2D eigenvalue weighted by Crippen LogP contribution is -2.43. The van der Waals surface area contributed by atoms with E-state index >= 15 is 0 Å². The first-order valence-corrected chi connectivity index (χ1v) is 7.46. The minimum Gasteiger partial charge on any atom is -0.463 e. The van der Waals surface area contributed by atoms with Crippen molar-refractivity contribution in [3.8, 4) is 0 Å². The topological polar surface area (TPSA) is 88.6 Å². The third-order valence-corrected chi connectivity index (χ3v) is 4.75. The van der Waals surface area contributed by atoms with Crippen molar-refractivity contribution in [3.63, 3.8) is 0 Å². The van der Waals surface area contributed by atoms with Crippen LogP contribution < -0.4 is 11.1 Å². The normalized spacial score (nSPS) is 26.5. The fourth-order valence-electron chi connectivity index (χ4n) is 3.56. The predicted octanol–water partition coefficient (Wildman–Crippen LogP) is 0.966. The smallest absolute Gasteiger partial charge is 0.252 e. The van der Waals surface area contributed by atoms with Crippen molar-refractivity contribution in [2.75, 3.05) is 19.6 Å². The number of piperidine rings is 1. The maximum Gasteiger partial charge on any atom is 0.252 e. The van der Waals surface area contributed by atoms with Gasteiger partial charge in [0.2, 0.25) is 0 Å². The second kappa shape index (κ2) is 4.84. The van der Waals surface area contributed by atoms with Crippen LogP contribution in [-0.2, 0) is 0 Å². The number of hydrogen-bond acceptors (Lipinski definition) is 4. The average molecular weight is 299 g/mol. The van der Waals surface area contributed by atoms with Gasteiger partial charge in [-0.25, -0.2) is 0 Å². The molecule has 2 amide bonds. The van der Waals surface area contributed by atoms with Gasteiger partial charge in [0.05, 0.1) is 5.56 Å². The van der Waals surface area contributed by atoms with Crippen molar-refractivity contribution in [2.24, 2.45) is 11.7 Å². The largest absolute Gasteiger partial charge is 0.463 e. The van der Waals surface area contributed by atoms with Crippen LogP contribution >= 0.6 is 0 Å². The van der Waals surface area contributed by atoms with Gasteiger partial charge in [0.25, 0.3) is 11.8 Å². The fraction of sp³-hybridized carbons (Fsp3) is 0.375. The van der Waals surface area contributed by atoms with Gasteiger partial charge in [0.15, 0.2) is 0 Å². The van der Waals surface area contributed by atoms with Crippen molar-refractivity contribution in [1.29, 1.82) is 0 Å². The summed E-state index contributed by atoms with van der Waals surface area (Å²) in [5.74, 6) is -0.0672. The first-order valence-electron chi connectivity index (χ1n) is 7.46. The molecule has 1 aromatic heterocycles. The maximum atomic E-state index is 12.4. The molecule has 6 nitrogen and oxygen atoms in total. The van der Waals surface area contributed by atoms with Gasteiger partial charge in [0.1, 0.15) is 11.8 Å². The Kier molecular flexibility index (Phi) is 2.94. The Bertz CT molecular complexity index is 767. The summed E-state index contributed by atoms with van der Waals surface area (Å²) in [7, 11) is 0. The van der Waals surface area contributed by atoms with Crippen LogP contribution in [0.3, 0.4) is 0 Å². The Morgan fingerprint density at radius 2 is 2.18 bits per heavy atom. The molecule has 2 saturated heterocycles. The molecule has 3 atom stereocenters. The minimum absolute atomic E-state index is 0.0994. The molecule has 3 heterocycles. The molecule has 2 unspecified atom stereocenters. The van der Waals surface area contributed by atoms with Crippen molar-refractivity contribution < 1.29 is 14.0 Å². The van der Waals surface area contributed by atoms with E-state index in [1.807, 2.05) is 0 Å². The number of amides is 2. The molecule has 114 valence electrons. The lowest BCUT2D eigenvalue weighted by Gasteiger charge is -2.23. The minimum atomic E-state index is -0.535. The monoisotopic (exact) mass is 299 g/mol. The molecule has 22 heavy (non-hydrogen) atoms. The van der Waals surface area contributed by atoms with E-state index in [4.69, 9.17) is 10.2 Å². The lowest BCUT2D eigenvalue weighted by molar-refractivity contribution is 0.0923. The standard InChI is InChI=1S/C16H17N3O3/c17-15(20)12-8-22-14-5-9(1-2-11(12)14)16(21)18-13-7-19-4-3-10(13)6-19/h1-2,5,8,10,13H,3-4,6-7H2,(H2,17,20)(H,18,21)/t10-,13?/m1/s1. The van der Waals surface area contributed by atoms with Crippen LogP contribution in [-0.4, -0.2) is 42.4 Å². The number of hydrogen-bond donors (Lipinski definition) is 2. The van der Waals surface area contributed by atoms with E-state index in [0.717, 1.165) is 26.1 Å². The Labute approximate surface area is 127 Å². The second-order valence-corrected chi connectivity index (χ2v) is 6.11. The summed E-state index contributed by atoms with van der Waals surface area (Å²) in [6, 6.07) is 5.30. The molecule has 2 bridgehead atoms. The van der Waals surface area contributed by atoms with Crippen LogP contribution in [0.1, 0.15) is 27.1 Å². The number of benzene rings is 1. The van der Waals surface area contributed by atoms with Crippen LogP contribution in [0.2, 0.25) is 0 Å². The molecule has 0 saturated carbocycles. The summed E-state index contributed by atoms with van der Waals surface area (Å²) >= 11 is 0. The molecule has 4 rings (SSSR count). The highest BCUT2D eigenvalue weighted by molar-refractivity contribution is 6.06. The molecule has 2 aromatic rings. The van der Waals surface area contributed by atoms with E-state index in [1.54, 1.807) is 18.2 Å². The van der Waals surface area contributed by atoms with Gasteiger partial charge in [-0.05, 0) is 37.1 Å². The summed E-state index contributed by atoms with van der Waals surface area (Å²) in [6.45, 7) is 3.17. The highest BCUT2D eigenvalue weighted by Crippen LogP contribution is 2.28. The molecule has 0 aliphatic carbocycles. The van der Waals surface area contributed by atoms with Crippen LogP contribution in [0.25, 0.3) is 11.0 Å². The third kappa shape index (κ3) is 2.07.